The summed E-state index contributed by atoms with van der Waals surface area (Å²) in [5.41, 5.74) is 2.35. The van der Waals surface area contributed by atoms with Crippen molar-refractivity contribution in [2.24, 2.45) is 0 Å². The average Bonchev–Trinajstić information content (AvgIpc) is 2.52. The molecule has 1 rings (SSSR count). The van der Waals surface area contributed by atoms with Gasteiger partial charge in [0.25, 0.3) is 0 Å². The minimum absolute atomic E-state index is 0.528. The Morgan fingerprint density at radius 3 is 2.22 bits per heavy atom. The highest BCUT2D eigenvalue weighted by atomic mass is 16.7. The van der Waals surface area contributed by atoms with Crippen molar-refractivity contribution in [1.29, 1.82) is 0 Å². The summed E-state index contributed by atoms with van der Waals surface area (Å²) in [6.45, 7) is 4.42. The number of ether oxygens (including phenoxy) is 1. The van der Waals surface area contributed by atoms with Crippen LogP contribution in [0.25, 0.3) is 0 Å². The fourth-order valence-corrected chi connectivity index (χ4v) is 2.97. The Balaban J connectivity index is 2.67. The molecule has 0 bridgehead atoms. The second-order valence-electron chi connectivity index (χ2n) is 6.24. The molecule has 0 aromatic heterocycles. The molecule has 0 aliphatic rings. The standard InChI is InChI=1S/C20H32O3/c1-3-5-7-8-9-11-15-18-17(13-10-6-4-2)14-12-16-19(18)23-20(21)22/h12,14,16H,3-11,13,15H2,1-2H3,(H,21,22). The second kappa shape index (κ2) is 12.0. The van der Waals surface area contributed by atoms with Gasteiger partial charge in [0, 0.05) is 0 Å². The zero-order valence-corrected chi connectivity index (χ0v) is 14.8. The molecule has 0 aliphatic carbocycles. The van der Waals surface area contributed by atoms with Gasteiger partial charge in [-0.05, 0) is 42.9 Å². The van der Waals surface area contributed by atoms with Gasteiger partial charge in [0.2, 0.25) is 0 Å². The Morgan fingerprint density at radius 2 is 1.52 bits per heavy atom. The third-order valence-electron chi connectivity index (χ3n) is 4.26. The van der Waals surface area contributed by atoms with Crippen molar-refractivity contribution in [2.75, 3.05) is 0 Å². The predicted molar refractivity (Wildman–Crippen MR) is 95.4 cm³/mol. The van der Waals surface area contributed by atoms with Crippen LogP contribution >= 0.6 is 0 Å². The van der Waals surface area contributed by atoms with E-state index < -0.39 is 6.16 Å². The molecule has 1 N–H and O–H groups in total. The molecular weight excluding hydrogens is 288 g/mol. The molecule has 0 unspecified atom stereocenters. The minimum Gasteiger partial charge on any atom is -0.449 e. The number of rotatable bonds is 12. The fourth-order valence-electron chi connectivity index (χ4n) is 2.97. The zero-order chi connectivity index (χ0) is 16.9. The molecule has 0 saturated carbocycles. The smallest absolute Gasteiger partial charge is 0.449 e. The first-order valence-corrected chi connectivity index (χ1v) is 9.20. The highest BCUT2D eigenvalue weighted by Crippen LogP contribution is 2.26. The van der Waals surface area contributed by atoms with Gasteiger partial charge in [-0.3, -0.25) is 0 Å². The van der Waals surface area contributed by atoms with Crippen LogP contribution in [0.5, 0.6) is 5.75 Å². The first kappa shape index (κ1) is 19.5. The first-order valence-electron chi connectivity index (χ1n) is 9.20. The van der Waals surface area contributed by atoms with Crippen LogP contribution in [0.2, 0.25) is 0 Å². The van der Waals surface area contributed by atoms with Gasteiger partial charge in [-0.2, -0.15) is 0 Å². The summed E-state index contributed by atoms with van der Waals surface area (Å²) in [6.07, 6.45) is 11.7. The van der Waals surface area contributed by atoms with E-state index >= 15 is 0 Å². The number of carboxylic acid groups (broad SMARTS) is 1. The van der Waals surface area contributed by atoms with E-state index in [4.69, 9.17) is 9.84 Å². The largest absolute Gasteiger partial charge is 0.511 e. The van der Waals surface area contributed by atoms with E-state index in [0.717, 1.165) is 31.2 Å². The molecule has 0 spiro atoms. The molecular formula is C20H32O3. The minimum atomic E-state index is -1.22. The van der Waals surface area contributed by atoms with E-state index in [9.17, 15) is 4.79 Å². The van der Waals surface area contributed by atoms with Crippen LogP contribution in [-0.2, 0) is 12.8 Å². The average molecular weight is 320 g/mol. The fraction of sp³-hybridized carbons (Fsp3) is 0.650. The zero-order valence-electron chi connectivity index (χ0n) is 14.8. The Morgan fingerprint density at radius 1 is 0.913 bits per heavy atom. The Kier molecular flexibility index (Phi) is 10.2. The van der Waals surface area contributed by atoms with Crippen molar-refractivity contribution in [3.8, 4) is 5.75 Å². The molecule has 0 heterocycles. The van der Waals surface area contributed by atoms with Gasteiger partial charge in [0.15, 0.2) is 0 Å². The summed E-state index contributed by atoms with van der Waals surface area (Å²) >= 11 is 0. The molecule has 0 fully saturated rings. The molecule has 23 heavy (non-hydrogen) atoms. The highest BCUT2D eigenvalue weighted by Gasteiger charge is 2.12. The third-order valence-corrected chi connectivity index (χ3v) is 4.26. The number of hydrogen-bond donors (Lipinski definition) is 1. The van der Waals surface area contributed by atoms with Crippen molar-refractivity contribution in [3.05, 3.63) is 29.3 Å². The summed E-state index contributed by atoms with van der Waals surface area (Å²) in [4.78, 5) is 10.9. The van der Waals surface area contributed by atoms with Gasteiger partial charge >= 0.3 is 6.16 Å². The Bertz CT molecular complexity index is 454. The van der Waals surface area contributed by atoms with Gasteiger partial charge in [0.1, 0.15) is 5.75 Å². The number of benzene rings is 1. The highest BCUT2D eigenvalue weighted by molar-refractivity contribution is 5.62. The molecule has 0 saturated heterocycles. The van der Waals surface area contributed by atoms with E-state index in [1.807, 2.05) is 6.07 Å². The van der Waals surface area contributed by atoms with Crippen molar-refractivity contribution >= 4 is 6.16 Å². The Hall–Kier alpha value is -1.51. The van der Waals surface area contributed by atoms with Crippen LogP contribution in [0.15, 0.2) is 18.2 Å². The quantitative estimate of drug-likeness (QED) is 0.276. The normalized spacial score (nSPS) is 10.7. The number of carbonyl (C=O) groups is 1. The lowest BCUT2D eigenvalue weighted by Gasteiger charge is -2.14. The molecule has 1 aromatic carbocycles. The van der Waals surface area contributed by atoms with Crippen LogP contribution in [0.4, 0.5) is 4.79 Å². The number of unbranched alkanes of at least 4 members (excludes halogenated alkanes) is 7. The van der Waals surface area contributed by atoms with Crippen LogP contribution in [0.1, 0.15) is 82.8 Å². The van der Waals surface area contributed by atoms with Crippen LogP contribution in [0.3, 0.4) is 0 Å². The predicted octanol–water partition coefficient (Wildman–Crippen LogP) is 6.38. The molecule has 0 amide bonds. The first-order chi connectivity index (χ1) is 11.2. The summed E-state index contributed by atoms with van der Waals surface area (Å²) in [5, 5.41) is 8.94. The van der Waals surface area contributed by atoms with Crippen LogP contribution in [0, 0.1) is 0 Å². The topological polar surface area (TPSA) is 46.5 Å². The lowest BCUT2D eigenvalue weighted by Crippen LogP contribution is -2.07. The maximum atomic E-state index is 10.9. The molecule has 3 heteroatoms. The summed E-state index contributed by atoms with van der Waals surface area (Å²) in [6, 6.07) is 5.81. The summed E-state index contributed by atoms with van der Waals surface area (Å²) in [7, 11) is 0. The van der Waals surface area contributed by atoms with Crippen molar-refractivity contribution in [2.45, 2.75) is 84.5 Å². The lowest BCUT2D eigenvalue weighted by molar-refractivity contribution is 0.144. The van der Waals surface area contributed by atoms with E-state index in [-0.39, 0.29) is 0 Å². The molecule has 0 radical (unpaired) electrons. The Labute approximate surface area is 141 Å². The van der Waals surface area contributed by atoms with Gasteiger partial charge in [0.05, 0.1) is 0 Å². The van der Waals surface area contributed by atoms with E-state index in [0.29, 0.717) is 5.75 Å². The summed E-state index contributed by atoms with van der Waals surface area (Å²) < 4.78 is 5.00. The second-order valence-corrected chi connectivity index (χ2v) is 6.24. The van der Waals surface area contributed by atoms with Crippen molar-refractivity contribution in [1.82, 2.24) is 0 Å². The number of hydrogen-bond acceptors (Lipinski definition) is 2. The number of aryl methyl sites for hydroxylation is 1. The summed E-state index contributed by atoms with van der Waals surface area (Å²) in [5.74, 6) is 0.528. The monoisotopic (exact) mass is 320 g/mol. The van der Waals surface area contributed by atoms with E-state index in [1.165, 1.54) is 50.5 Å². The van der Waals surface area contributed by atoms with E-state index in [2.05, 4.69) is 19.9 Å². The third kappa shape index (κ3) is 8.06. The maximum absolute atomic E-state index is 10.9. The van der Waals surface area contributed by atoms with Gasteiger partial charge in [-0.1, -0.05) is 70.9 Å². The molecule has 0 atom stereocenters. The van der Waals surface area contributed by atoms with Gasteiger partial charge < -0.3 is 9.84 Å². The maximum Gasteiger partial charge on any atom is 0.511 e. The molecule has 1 aromatic rings. The van der Waals surface area contributed by atoms with Gasteiger partial charge in [-0.25, -0.2) is 4.79 Å². The van der Waals surface area contributed by atoms with Crippen LogP contribution in [-0.4, -0.2) is 11.3 Å². The SMILES string of the molecule is CCCCCCCCc1c(CCCCC)cccc1OC(=O)O. The van der Waals surface area contributed by atoms with Crippen molar-refractivity contribution < 1.29 is 14.6 Å². The van der Waals surface area contributed by atoms with Crippen LogP contribution < -0.4 is 4.74 Å². The molecule has 3 nitrogen and oxygen atoms in total. The molecule has 0 aliphatic heterocycles. The molecule has 130 valence electrons. The lowest BCUT2D eigenvalue weighted by atomic mass is 9.96. The van der Waals surface area contributed by atoms with Crippen molar-refractivity contribution in [3.63, 3.8) is 0 Å². The van der Waals surface area contributed by atoms with Gasteiger partial charge in [-0.15, -0.1) is 0 Å². The van der Waals surface area contributed by atoms with E-state index in [1.54, 1.807) is 6.07 Å².